The van der Waals surface area contributed by atoms with Crippen LogP contribution in [-0.4, -0.2) is 136 Å². The van der Waals surface area contributed by atoms with Gasteiger partial charge in [-0.1, -0.05) is 0 Å². The zero-order chi connectivity index (χ0) is 26.1. The maximum absolute atomic E-state index is 2.28. The number of rotatable bonds is 29. The second-order valence-corrected chi connectivity index (χ2v) is 24.5. The Morgan fingerprint density at radius 2 is 0.579 bits per heavy atom. The van der Waals surface area contributed by atoms with Crippen molar-refractivity contribution in [2.75, 3.05) is 115 Å². The molecule has 4 rings (SSSR count). The minimum atomic E-state index is 0.893. The van der Waals surface area contributed by atoms with E-state index < -0.39 is 0 Å². The molecule has 0 aromatic heterocycles. The van der Waals surface area contributed by atoms with Crippen molar-refractivity contribution in [3.05, 3.63) is 0 Å². The van der Waals surface area contributed by atoms with E-state index in [1.54, 1.807) is 0 Å². The Morgan fingerprint density at radius 3 is 0.789 bits per heavy atom. The Hall–Kier alpha value is 4.20. The Kier molecular flexibility index (Phi) is 20.9. The quantitative estimate of drug-likeness (QED) is 0.0533. The van der Waals surface area contributed by atoms with Crippen LogP contribution in [0.25, 0.3) is 0 Å². The SMILES string of the molecule is C(CSCC(CSCCSCC1CS1)C(CSCCSCC1CS1)CSCCSCC1CS1)SCC1CS1. The molecule has 0 aromatic rings. The Labute approximate surface area is 285 Å². The van der Waals surface area contributed by atoms with Gasteiger partial charge < -0.3 is 0 Å². The van der Waals surface area contributed by atoms with Crippen LogP contribution >= 0.6 is 141 Å². The van der Waals surface area contributed by atoms with Gasteiger partial charge in [0.2, 0.25) is 0 Å². The highest BCUT2D eigenvalue weighted by molar-refractivity contribution is 8.10. The molecule has 0 radical (unpaired) electrons. The molecule has 4 aliphatic heterocycles. The van der Waals surface area contributed by atoms with Gasteiger partial charge in [-0.15, -0.1) is 0 Å². The van der Waals surface area contributed by atoms with Gasteiger partial charge in [0.15, 0.2) is 0 Å². The fraction of sp³-hybridized carbons (Fsp3) is 1.00. The van der Waals surface area contributed by atoms with Gasteiger partial charge in [0, 0.05) is 113 Å². The average molecular weight is 743 g/mol. The summed E-state index contributed by atoms with van der Waals surface area (Å²) in [6, 6.07) is 0. The van der Waals surface area contributed by atoms with Crippen LogP contribution in [0.3, 0.4) is 0 Å². The molecule has 4 aliphatic rings. The smallest absolute Gasteiger partial charge is 0.0229 e. The van der Waals surface area contributed by atoms with Crippen LogP contribution in [-0.2, 0) is 0 Å². The Bertz CT molecular complexity index is 485. The molecule has 4 atom stereocenters. The fourth-order valence-electron chi connectivity index (χ4n) is 3.57. The summed E-state index contributed by atoms with van der Waals surface area (Å²) in [7, 11) is 0. The third-order valence-corrected chi connectivity index (χ3v) is 21.2. The first-order chi connectivity index (χ1) is 18.9. The zero-order valence-electron chi connectivity index (χ0n) is 22.5. The summed E-state index contributed by atoms with van der Waals surface area (Å²) in [6.45, 7) is 0. The third-order valence-electron chi connectivity index (χ3n) is 6.31. The first-order valence-electron chi connectivity index (χ1n) is 13.9. The maximum Gasteiger partial charge on any atom is 0.0229 e. The molecule has 0 aliphatic carbocycles. The summed E-state index contributed by atoms with van der Waals surface area (Å²) in [5.74, 6) is 29.5. The highest BCUT2D eigenvalue weighted by Crippen LogP contribution is 2.36. The first kappa shape index (κ1) is 35.1. The molecular weight excluding hydrogens is 697 g/mol. The molecule has 0 nitrogen and oxygen atoms in total. The monoisotopic (exact) mass is 742 g/mol. The molecular formula is C26H46S12. The van der Waals surface area contributed by atoms with Crippen LogP contribution in [0, 0.1) is 11.8 Å². The predicted octanol–water partition coefficient (Wildman–Crippen LogP) is 8.55. The van der Waals surface area contributed by atoms with Crippen molar-refractivity contribution in [1.29, 1.82) is 0 Å². The molecule has 0 N–H and O–H groups in total. The summed E-state index contributed by atoms with van der Waals surface area (Å²) in [5.41, 5.74) is 0. The standard InChI is InChI=1S/C26H46S12/c1(5-31-13-23-17-35-23)27-9-21(10-28-2-6-32-14-24-18-36-24)22(11-29-3-7-33-15-25-19-37-25)12-30-4-8-34-16-26-20-38-26/h21-26H,1-20H2. The summed E-state index contributed by atoms with van der Waals surface area (Å²) in [5, 5.41) is 3.97. The van der Waals surface area contributed by atoms with Crippen molar-refractivity contribution < 1.29 is 0 Å². The van der Waals surface area contributed by atoms with E-state index in [1.165, 1.54) is 115 Å². The lowest BCUT2D eigenvalue weighted by atomic mass is 10.00. The molecule has 38 heavy (non-hydrogen) atoms. The van der Waals surface area contributed by atoms with Crippen molar-refractivity contribution in [2.24, 2.45) is 11.8 Å². The normalized spacial score (nSPS) is 26.8. The van der Waals surface area contributed by atoms with Gasteiger partial charge >= 0.3 is 0 Å². The molecule has 0 spiro atoms. The molecule has 4 fully saturated rings. The minimum absolute atomic E-state index is 0.893. The van der Waals surface area contributed by atoms with Gasteiger partial charge in [-0.05, 0) is 34.8 Å². The van der Waals surface area contributed by atoms with Gasteiger partial charge in [-0.2, -0.15) is 141 Å². The van der Waals surface area contributed by atoms with Crippen LogP contribution < -0.4 is 0 Å². The molecule has 0 aromatic carbocycles. The number of hydrogen-bond donors (Lipinski definition) is 0. The maximum atomic E-state index is 2.28. The van der Waals surface area contributed by atoms with E-state index in [0.29, 0.717) is 0 Å². The van der Waals surface area contributed by atoms with Gasteiger partial charge in [-0.3, -0.25) is 0 Å². The molecule has 0 saturated carbocycles. The van der Waals surface area contributed by atoms with Crippen molar-refractivity contribution in [1.82, 2.24) is 0 Å². The van der Waals surface area contributed by atoms with Gasteiger partial charge in [0.1, 0.15) is 0 Å². The van der Waals surface area contributed by atoms with Crippen LogP contribution in [0.1, 0.15) is 0 Å². The highest BCUT2D eigenvalue weighted by atomic mass is 32.2. The Morgan fingerprint density at radius 1 is 0.368 bits per heavy atom. The van der Waals surface area contributed by atoms with Crippen molar-refractivity contribution in [3.8, 4) is 0 Å². The van der Waals surface area contributed by atoms with E-state index in [1.807, 2.05) is 0 Å². The fourth-order valence-corrected chi connectivity index (χ4v) is 17.6. The summed E-state index contributed by atoms with van der Waals surface area (Å²) < 4.78 is 0. The molecule has 12 heteroatoms. The molecule has 4 heterocycles. The predicted molar refractivity (Wildman–Crippen MR) is 211 cm³/mol. The van der Waals surface area contributed by atoms with E-state index in [0.717, 1.165) is 32.8 Å². The highest BCUT2D eigenvalue weighted by Gasteiger charge is 2.25. The summed E-state index contributed by atoms with van der Waals surface area (Å²) in [4.78, 5) is 0. The van der Waals surface area contributed by atoms with Crippen LogP contribution in [0.2, 0.25) is 0 Å². The lowest BCUT2D eigenvalue weighted by Crippen LogP contribution is -2.25. The van der Waals surface area contributed by atoms with Crippen molar-refractivity contribution in [2.45, 2.75) is 21.0 Å². The molecule has 0 amide bonds. The average Bonchev–Trinajstić information content (AvgIpc) is 3.76. The third kappa shape index (κ3) is 19.6. The van der Waals surface area contributed by atoms with Gasteiger partial charge in [0.05, 0.1) is 0 Å². The summed E-state index contributed by atoms with van der Waals surface area (Å²) in [6.07, 6.45) is 0. The number of hydrogen-bond acceptors (Lipinski definition) is 12. The zero-order valence-corrected chi connectivity index (χ0v) is 32.3. The van der Waals surface area contributed by atoms with E-state index >= 15 is 0 Å². The van der Waals surface area contributed by atoms with E-state index in [4.69, 9.17) is 0 Å². The lowest BCUT2D eigenvalue weighted by molar-refractivity contribution is 0.488. The van der Waals surface area contributed by atoms with E-state index in [2.05, 4.69) is 141 Å². The molecule has 4 saturated heterocycles. The first-order valence-corrected chi connectivity index (χ1v) is 27.4. The molecule has 4 unspecified atom stereocenters. The van der Waals surface area contributed by atoms with Gasteiger partial charge in [0.25, 0.3) is 0 Å². The second-order valence-electron chi connectivity index (χ2n) is 9.94. The van der Waals surface area contributed by atoms with Crippen molar-refractivity contribution in [3.63, 3.8) is 0 Å². The molecule has 0 bridgehead atoms. The topological polar surface area (TPSA) is 0 Å². The van der Waals surface area contributed by atoms with E-state index in [9.17, 15) is 0 Å². The van der Waals surface area contributed by atoms with Gasteiger partial charge in [-0.25, -0.2) is 0 Å². The lowest BCUT2D eigenvalue weighted by Gasteiger charge is -2.27. The Balaban J connectivity index is 1.14. The van der Waals surface area contributed by atoms with E-state index in [-0.39, 0.29) is 0 Å². The second kappa shape index (κ2) is 22.7. The van der Waals surface area contributed by atoms with Crippen LogP contribution in [0.4, 0.5) is 0 Å². The summed E-state index contributed by atoms with van der Waals surface area (Å²) >= 11 is 26.5. The largest absolute Gasteiger partial charge is 0.161 e. The molecule has 222 valence electrons. The minimum Gasteiger partial charge on any atom is -0.161 e. The van der Waals surface area contributed by atoms with Crippen molar-refractivity contribution >= 4 is 141 Å². The van der Waals surface area contributed by atoms with Crippen LogP contribution in [0.5, 0.6) is 0 Å². The van der Waals surface area contributed by atoms with Crippen LogP contribution in [0.15, 0.2) is 0 Å². The number of thioether (sulfide) groups is 12.